The van der Waals surface area contributed by atoms with E-state index in [1.807, 2.05) is 13.0 Å². The highest BCUT2D eigenvalue weighted by Crippen LogP contribution is 2.18. The standard InChI is InChI=1S/C16H23N3O4S/c1-3-19(15-6-8-24(22,23)12-15)16(21)11-18(13(2)20)10-14-5-4-7-17-9-14/h4-5,7,9,15H,3,6,8,10-12H2,1-2H3. The Balaban J connectivity index is 2.04. The summed E-state index contributed by atoms with van der Waals surface area (Å²) in [6.07, 6.45) is 3.76. The second-order valence-corrected chi connectivity index (χ2v) is 8.20. The summed E-state index contributed by atoms with van der Waals surface area (Å²) in [6.45, 7) is 3.91. The van der Waals surface area contributed by atoms with Crippen LogP contribution in [0.5, 0.6) is 0 Å². The van der Waals surface area contributed by atoms with E-state index in [2.05, 4.69) is 4.98 Å². The minimum absolute atomic E-state index is 0.00918. The molecule has 0 saturated carbocycles. The zero-order valence-electron chi connectivity index (χ0n) is 14.0. The van der Waals surface area contributed by atoms with E-state index in [1.165, 1.54) is 11.8 Å². The largest absolute Gasteiger partial charge is 0.337 e. The number of likely N-dealkylation sites (N-methyl/N-ethyl adjacent to an activating group) is 1. The first-order chi connectivity index (χ1) is 11.3. The van der Waals surface area contributed by atoms with Crippen LogP contribution in [0.1, 0.15) is 25.8 Å². The highest BCUT2D eigenvalue weighted by molar-refractivity contribution is 7.91. The first-order valence-electron chi connectivity index (χ1n) is 7.96. The molecule has 0 spiro atoms. The van der Waals surface area contributed by atoms with E-state index in [-0.39, 0.29) is 35.9 Å². The van der Waals surface area contributed by atoms with Crippen molar-refractivity contribution < 1.29 is 18.0 Å². The van der Waals surface area contributed by atoms with Gasteiger partial charge in [-0.2, -0.15) is 0 Å². The average Bonchev–Trinajstić information content (AvgIpc) is 2.88. The van der Waals surface area contributed by atoms with Crippen molar-refractivity contribution in [2.75, 3.05) is 24.6 Å². The van der Waals surface area contributed by atoms with Gasteiger partial charge in [0.05, 0.1) is 11.5 Å². The van der Waals surface area contributed by atoms with E-state index in [4.69, 9.17) is 0 Å². The Hall–Kier alpha value is -1.96. The summed E-state index contributed by atoms with van der Waals surface area (Å²) in [4.78, 5) is 31.5. The Labute approximate surface area is 142 Å². The Morgan fingerprint density at radius 1 is 1.38 bits per heavy atom. The van der Waals surface area contributed by atoms with Gasteiger partial charge in [-0.1, -0.05) is 6.07 Å². The molecule has 24 heavy (non-hydrogen) atoms. The van der Waals surface area contributed by atoms with Crippen molar-refractivity contribution in [3.63, 3.8) is 0 Å². The number of nitrogens with zero attached hydrogens (tertiary/aromatic N) is 3. The van der Waals surface area contributed by atoms with Crippen LogP contribution in [0.3, 0.4) is 0 Å². The number of sulfone groups is 1. The van der Waals surface area contributed by atoms with Crippen molar-refractivity contribution in [1.82, 2.24) is 14.8 Å². The van der Waals surface area contributed by atoms with Gasteiger partial charge >= 0.3 is 0 Å². The van der Waals surface area contributed by atoms with Gasteiger partial charge in [0, 0.05) is 38.4 Å². The van der Waals surface area contributed by atoms with E-state index < -0.39 is 9.84 Å². The minimum Gasteiger partial charge on any atom is -0.337 e. The number of aromatic nitrogens is 1. The Morgan fingerprint density at radius 2 is 2.12 bits per heavy atom. The molecular weight excluding hydrogens is 330 g/mol. The second kappa shape index (κ2) is 7.74. The van der Waals surface area contributed by atoms with E-state index in [9.17, 15) is 18.0 Å². The van der Waals surface area contributed by atoms with E-state index in [0.29, 0.717) is 19.5 Å². The van der Waals surface area contributed by atoms with E-state index in [0.717, 1.165) is 5.56 Å². The molecule has 0 radical (unpaired) electrons. The molecule has 0 bridgehead atoms. The molecule has 1 unspecified atom stereocenters. The van der Waals surface area contributed by atoms with Gasteiger partial charge in [-0.15, -0.1) is 0 Å². The molecule has 1 aliphatic heterocycles. The molecule has 1 atom stereocenters. The Morgan fingerprint density at radius 3 is 2.62 bits per heavy atom. The fourth-order valence-electron chi connectivity index (χ4n) is 2.90. The van der Waals surface area contributed by atoms with E-state index >= 15 is 0 Å². The highest BCUT2D eigenvalue weighted by Gasteiger charge is 2.34. The Kier molecular flexibility index (Phi) is 5.93. The number of hydrogen-bond acceptors (Lipinski definition) is 5. The van der Waals surface area contributed by atoms with Crippen LogP contribution in [0.2, 0.25) is 0 Å². The normalized spacial score (nSPS) is 19.0. The van der Waals surface area contributed by atoms with Gasteiger partial charge in [-0.05, 0) is 25.0 Å². The monoisotopic (exact) mass is 353 g/mol. The lowest BCUT2D eigenvalue weighted by Gasteiger charge is -2.30. The molecule has 1 aliphatic rings. The van der Waals surface area contributed by atoms with E-state index in [1.54, 1.807) is 23.4 Å². The lowest BCUT2D eigenvalue weighted by Crippen LogP contribution is -2.47. The number of carbonyl (C=O) groups excluding carboxylic acids is 2. The maximum absolute atomic E-state index is 12.6. The zero-order chi connectivity index (χ0) is 17.7. The molecule has 2 heterocycles. The number of rotatable bonds is 6. The molecule has 0 aromatic carbocycles. The predicted molar refractivity (Wildman–Crippen MR) is 89.8 cm³/mol. The smallest absolute Gasteiger partial charge is 0.242 e. The van der Waals surface area contributed by atoms with Gasteiger partial charge in [-0.3, -0.25) is 14.6 Å². The number of hydrogen-bond donors (Lipinski definition) is 0. The van der Waals surface area contributed by atoms with Crippen molar-refractivity contribution in [3.8, 4) is 0 Å². The fourth-order valence-corrected chi connectivity index (χ4v) is 4.63. The van der Waals surface area contributed by atoms with Crippen LogP contribution in [0.25, 0.3) is 0 Å². The minimum atomic E-state index is -3.06. The molecule has 1 saturated heterocycles. The van der Waals surface area contributed by atoms with Crippen LogP contribution in [-0.2, 0) is 26.0 Å². The predicted octanol–water partition coefficient (Wildman–Crippen LogP) is 0.466. The zero-order valence-corrected chi connectivity index (χ0v) is 14.8. The summed E-state index contributed by atoms with van der Waals surface area (Å²) in [7, 11) is -3.06. The summed E-state index contributed by atoms with van der Waals surface area (Å²) in [5, 5.41) is 0. The van der Waals surface area contributed by atoms with Gasteiger partial charge in [0.15, 0.2) is 9.84 Å². The average molecular weight is 353 g/mol. The van der Waals surface area contributed by atoms with Crippen molar-refractivity contribution in [1.29, 1.82) is 0 Å². The summed E-state index contributed by atoms with van der Waals surface area (Å²) in [5.41, 5.74) is 0.840. The van der Waals surface area contributed by atoms with Gasteiger partial charge < -0.3 is 9.80 Å². The summed E-state index contributed by atoms with van der Waals surface area (Å²) < 4.78 is 23.3. The van der Waals surface area contributed by atoms with Crippen molar-refractivity contribution >= 4 is 21.7 Å². The molecule has 132 valence electrons. The molecule has 1 aromatic rings. The molecular formula is C16H23N3O4S. The van der Waals surface area contributed by atoms with Gasteiger partial charge in [0.25, 0.3) is 0 Å². The second-order valence-electron chi connectivity index (χ2n) is 5.97. The van der Waals surface area contributed by atoms with Crippen molar-refractivity contribution in [2.24, 2.45) is 0 Å². The van der Waals surface area contributed by atoms with Crippen molar-refractivity contribution in [3.05, 3.63) is 30.1 Å². The maximum atomic E-state index is 12.6. The summed E-state index contributed by atoms with van der Waals surface area (Å²) in [5.74, 6) is -0.302. The maximum Gasteiger partial charge on any atom is 0.242 e. The highest BCUT2D eigenvalue weighted by atomic mass is 32.2. The SMILES string of the molecule is CCN(C(=O)CN(Cc1cccnc1)C(C)=O)C1CCS(=O)(=O)C1. The van der Waals surface area contributed by atoms with Crippen LogP contribution in [-0.4, -0.2) is 65.7 Å². The quantitative estimate of drug-likeness (QED) is 0.742. The molecule has 1 aromatic heterocycles. The van der Waals surface area contributed by atoms with Crippen LogP contribution in [0.15, 0.2) is 24.5 Å². The van der Waals surface area contributed by atoms with Crippen LogP contribution in [0.4, 0.5) is 0 Å². The third-order valence-corrected chi connectivity index (χ3v) is 5.93. The molecule has 2 rings (SSSR count). The molecule has 0 N–H and O–H groups in total. The van der Waals surface area contributed by atoms with Crippen LogP contribution in [0, 0.1) is 0 Å². The molecule has 0 aliphatic carbocycles. The Bertz CT molecular complexity index is 691. The lowest BCUT2D eigenvalue weighted by molar-refractivity contribution is -0.140. The fraction of sp³-hybridized carbons (Fsp3) is 0.562. The molecule has 2 amide bonds. The summed E-state index contributed by atoms with van der Waals surface area (Å²) >= 11 is 0. The first-order valence-corrected chi connectivity index (χ1v) is 9.79. The third-order valence-electron chi connectivity index (χ3n) is 4.18. The third kappa shape index (κ3) is 4.77. The van der Waals surface area contributed by atoms with Gasteiger partial charge in [0.2, 0.25) is 11.8 Å². The van der Waals surface area contributed by atoms with Gasteiger partial charge in [0.1, 0.15) is 6.54 Å². The first kappa shape index (κ1) is 18.4. The topological polar surface area (TPSA) is 87.7 Å². The number of amides is 2. The molecule has 7 nitrogen and oxygen atoms in total. The molecule has 8 heteroatoms. The van der Waals surface area contributed by atoms with Crippen LogP contribution < -0.4 is 0 Å². The van der Waals surface area contributed by atoms with Crippen LogP contribution >= 0.6 is 0 Å². The van der Waals surface area contributed by atoms with Crippen molar-refractivity contribution in [2.45, 2.75) is 32.9 Å². The number of carbonyl (C=O) groups is 2. The lowest BCUT2D eigenvalue weighted by atomic mass is 10.2. The molecule has 1 fully saturated rings. The number of pyridine rings is 1. The summed E-state index contributed by atoms with van der Waals surface area (Å²) in [6, 6.07) is 3.32. The van der Waals surface area contributed by atoms with Gasteiger partial charge in [-0.25, -0.2) is 8.42 Å².